The molecule has 0 aliphatic carbocycles. The number of hydrogen-bond donors (Lipinski definition) is 1. The number of nitrogens with two attached hydrogens (primary N) is 1. The van der Waals surface area contributed by atoms with Crippen molar-refractivity contribution in [1.29, 1.82) is 0 Å². The Morgan fingerprint density at radius 2 is 2.08 bits per heavy atom. The van der Waals surface area contributed by atoms with Crippen LogP contribution in [-0.2, 0) is 40.0 Å². The summed E-state index contributed by atoms with van der Waals surface area (Å²) in [5.74, 6) is -1.28. The summed E-state index contributed by atoms with van der Waals surface area (Å²) in [5.41, 5.74) is 0.206. The van der Waals surface area contributed by atoms with E-state index in [9.17, 15) is 16.8 Å². The van der Waals surface area contributed by atoms with E-state index in [-0.39, 0.29) is 27.1 Å². The largest absolute Gasteiger partial charge is 0.385 e. The minimum Gasteiger partial charge on any atom is -0.385 e. The number of sulfonamides is 2. The molecule has 2 N–H and O–H groups in total. The predicted octanol–water partition coefficient (Wildman–Crippen LogP) is -0.364. The van der Waals surface area contributed by atoms with Crippen LogP contribution in [0.25, 0.3) is 0 Å². The lowest BCUT2D eigenvalue weighted by molar-refractivity contribution is -0.175. The van der Waals surface area contributed by atoms with Gasteiger partial charge in [0.05, 0.1) is 19.8 Å². The number of thiophene rings is 1. The Bertz CT molecular complexity index is 825. The van der Waals surface area contributed by atoms with E-state index in [0.717, 1.165) is 0 Å². The molecular formula is C12H18N2O7S3. The van der Waals surface area contributed by atoms with Gasteiger partial charge in [0.1, 0.15) is 8.42 Å². The van der Waals surface area contributed by atoms with Gasteiger partial charge >= 0.3 is 0 Å². The fourth-order valence-corrected chi connectivity index (χ4v) is 7.04. The van der Waals surface area contributed by atoms with Gasteiger partial charge in [-0.3, -0.25) is 0 Å². The zero-order chi connectivity index (χ0) is 17.6. The number of fused-ring (bicyclic) bond motifs is 2. The van der Waals surface area contributed by atoms with Crippen molar-refractivity contribution in [3.8, 4) is 0 Å². The van der Waals surface area contributed by atoms with Gasteiger partial charge in [0.25, 0.3) is 10.0 Å². The van der Waals surface area contributed by atoms with Crippen molar-refractivity contribution in [2.24, 2.45) is 5.14 Å². The summed E-state index contributed by atoms with van der Waals surface area (Å²) in [7, 11) is -6.34. The van der Waals surface area contributed by atoms with Gasteiger partial charge in [-0.2, -0.15) is 4.31 Å². The second kappa shape index (κ2) is 6.29. The van der Waals surface area contributed by atoms with Crippen molar-refractivity contribution in [3.63, 3.8) is 0 Å². The van der Waals surface area contributed by atoms with E-state index < -0.39 is 25.8 Å². The second-order valence-electron chi connectivity index (χ2n) is 5.45. The molecule has 0 atom stereocenters. The number of hydrogen-bond acceptors (Lipinski definition) is 8. The Labute approximate surface area is 144 Å². The number of rotatable bonds is 5. The zero-order valence-electron chi connectivity index (χ0n) is 12.9. The smallest absolute Gasteiger partial charge is 0.253 e. The summed E-state index contributed by atoms with van der Waals surface area (Å²) >= 11 is 0.619. The zero-order valence-corrected chi connectivity index (χ0v) is 15.4. The average Bonchev–Trinajstić information content (AvgIpc) is 3.12. The van der Waals surface area contributed by atoms with Crippen LogP contribution >= 0.6 is 11.3 Å². The predicted molar refractivity (Wildman–Crippen MR) is 84.5 cm³/mol. The van der Waals surface area contributed by atoms with Gasteiger partial charge < -0.3 is 14.2 Å². The molecule has 1 aromatic heterocycles. The van der Waals surface area contributed by atoms with Crippen LogP contribution in [0.5, 0.6) is 0 Å². The average molecular weight is 398 g/mol. The van der Waals surface area contributed by atoms with E-state index in [0.29, 0.717) is 37.6 Å². The fourth-order valence-electron chi connectivity index (χ4n) is 2.76. The molecule has 1 spiro atoms. The molecular weight excluding hydrogens is 380 g/mol. The van der Waals surface area contributed by atoms with Crippen molar-refractivity contribution in [1.82, 2.24) is 4.31 Å². The highest BCUT2D eigenvalue weighted by molar-refractivity contribution is 7.94. The van der Waals surface area contributed by atoms with E-state index in [1.54, 1.807) is 0 Å². The van der Waals surface area contributed by atoms with Gasteiger partial charge in [0.2, 0.25) is 15.8 Å². The maximum absolute atomic E-state index is 12.8. The molecule has 0 radical (unpaired) electrons. The van der Waals surface area contributed by atoms with Crippen LogP contribution in [0.3, 0.4) is 0 Å². The highest BCUT2D eigenvalue weighted by Crippen LogP contribution is 2.46. The van der Waals surface area contributed by atoms with Crippen molar-refractivity contribution in [2.75, 3.05) is 40.0 Å². The van der Waals surface area contributed by atoms with E-state index in [1.807, 2.05) is 0 Å². The lowest BCUT2D eigenvalue weighted by atomic mass is 10.1. The Balaban J connectivity index is 2.09. The topological polar surface area (TPSA) is 125 Å². The molecule has 0 saturated carbocycles. The quantitative estimate of drug-likeness (QED) is 0.671. The minimum atomic E-state index is -4.03. The third kappa shape index (κ3) is 3.01. The highest BCUT2D eigenvalue weighted by Gasteiger charge is 2.52. The van der Waals surface area contributed by atoms with Gasteiger partial charge in [-0.05, 0) is 12.5 Å². The van der Waals surface area contributed by atoms with Crippen LogP contribution in [0.1, 0.15) is 12.0 Å². The summed E-state index contributed by atoms with van der Waals surface area (Å²) in [4.78, 5) is 0. The Morgan fingerprint density at radius 1 is 1.42 bits per heavy atom. The van der Waals surface area contributed by atoms with Crippen LogP contribution in [0, 0.1) is 0 Å². The molecule has 3 heterocycles. The molecule has 2 aliphatic heterocycles. The molecule has 0 amide bonds. The van der Waals surface area contributed by atoms with Gasteiger partial charge in [0, 0.05) is 25.8 Å². The highest BCUT2D eigenvalue weighted by atomic mass is 32.3. The Hall–Kier alpha value is -0.600. The molecule has 0 bridgehead atoms. The molecule has 3 rings (SSSR count). The van der Waals surface area contributed by atoms with Gasteiger partial charge in [0.15, 0.2) is 0 Å². The lowest BCUT2D eigenvalue weighted by Gasteiger charge is -2.37. The second-order valence-corrected chi connectivity index (χ2v) is 10.4. The normalized spacial score (nSPS) is 22.8. The summed E-state index contributed by atoms with van der Waals surface area (Å²) in [6.07, 6.45) is 0.495. The molecule has 1 aromatic rings. The van der Waals surface area contributed by atoms with Crippen LogP contribution in [-0.4, -0.2) is 61.2 Å². The molecule has 0 aromatic carbocycles. The first-order valence-corrected chi connectivity index (χ1v) is 11.0. The van der Waals surface area contributed by atoms with Crippen molar-refractivity contribution >= 4 is 31.4 Å². The SMILES string of the molecule is COCCCN1CC2(OCCO2)c2cc(S(N)(=O)=O)sc2S1(=O)=O. The molecule has 0 unspecified atom stereocenters. The maximum Gasteiger partial charge on any atom is 0.253 e. The number of ether oxygens (including phenoxy) is 3. The lowest BCUT2D eigenvalue weighted by Crippen LogP contribution is -2.49. The number of primary sulfonamides is 1. The standard InChI is InChI=1S/C12H18N2O7S3/c1-19-4-2-3-14-8-12(20-5-6-21-12)9-7-10(23(13,15)16)22-11(9)24(14,17)18/h7H,2-6,8H2,1H3,(H2,13,15,16). The first-order valence-electron chi connectivity index (χ1n) is 7.15. The number of methoxy groups -OCH3 is 1. The first-order chi connectivity index (χ1) is 11.2. The fraction of sp³-hybridized carbons (Fsp3) is 0.667. The summed E-state index contributed by atoms with van der Waals surface area (Å²) in [6.45, 7) is 1.18. The van der Waals surface area contributed by atoms with Crippen molar-refractivity contribution in [3.05, 3.63) is 11.6 Å². The molecule has 136 valence electrons. The number of nitrogens with zero attached hydrogens (tertiary/aromatic N) is 1. The van der Waals surface area contributed by atoms with Gasteiger partial charge in [-0.15, -0.1) is 11.3 Å². The van der Waals surface area contributed by atoms with Crippen molar-refractivity contribution < 1.29 is 31.0 Å². The Kier molecular flexibility index (Phi) is 4.77. The van der Waals surface area contributed by atoms with E-state index in [4.69, 9.17) is 19.3 Å². The van der Waals surface area contributed by atoms with E-state index in [1.165, 1.54) is 17.5 Å². The van der Waals surface area contributed by atoms with Crippen molar-refractivity contribution in [2.45, 2.75) is 20.6 Å². The monoisotopic (exact) mass is 398 g/mol. The molecule has 2 aliphatic rings. The molecule has 1 saturated heterocycles. The first kappa shape index (κ1) is 18.2. The third-order valence-corrected chi connectivity index (χ3v) is 8.75. The minimum absolute atomic E-state index is 0.0349. The van der Waals surface area contributed by atoms with Gasteiger partial charge in [-0.25, -0.2) is 22.0 Å². The van der Waals surface area contributed by atoms with Gasteiger partial charge in [-0.1, -0.05) is 0 Å². The molecule has 1 fully saturated rings. The van der Waals surface area contributed by atoms with E-state index >= 15 is 0 Å². The Morgan fingerprint density at radius 3 is 2.67 bits per heavy atom. The summed E-state index contributed by atoms with van der Waals surface area (Å²) in [6, 6.07) is 1.24. The van der Waals surface area contributed by atoms with Crippen LogP contribution in [0.2, 0.25) is 0 Å². The maximum atomic E-state index is 12.8. The van der Waals surface area contributed by atoms with Crippen LogP contribution in [0.15, 0.2) is 14.5 Å². The molecule has 12 heteroatoms. The van der Waals surface area contributed by atoms with Crippen LogP contribution < -0.4 is 5.14 Å². The van der Waals surface area contributed by atoms with Crippen LogP contribution in [0.4, 0.5) is 0 Å². The summed E-state index contributed by atoms with van der Waals surface area (Å²) in [5, 5.41) is 5.15. The third-order valence-electron chi connectivity index (χ3n) is 3.83. The molecule has 24 heavy (non-hydrogen) atoms. The van der Waals surface area contributed by atoms with E-state index in [2.05, 4.69) is 0 Å². The summed E-state index contributed by atoms with van der Waals surface area (Å²) < 4.78 is 66.2. The molecule has 9 nitrogen and oxygen atoms in total.